The molecule has 2 rings (SSSR count). The minimum absolute atomic E-state index is 0.0336. The Morgan fingerprint density at radius 2 is 1.95 bits per heavy atom. The smallest absolute Gasteiger partial charge is 0.315 e. The predicted octanol–water partition coefficient (Wildman–Crippen LogP) is 2.70. The van der Waals surface area contributed by atoms with Crippen molar-refractivity contribution in [3.05, 3.63) is 35.9 Å². The van der Waals surface area contributed by atoms with E-state index in [1.807, 2.05) is 30.3 Å². The molecule has 1 aliphatic rings. The first kappa shape index (κ1) is 16.3. The summed E-state index contributed by atoms with van der Waals surface area (Å²) in [7, 11) is 0. The first-order valence-corrected chi connectivity index (χ1v) is 7.87. The quantitative estimate of drug-likeness (QED) is 0.691. The summed E-state index contributed by atoms with van der Waals surface area (Å²) in [5.74, 6) is -0.840. The molecule has 0 heterocycles. The summed E-state index contributed by atoms with van der Waals surface area (Å²) in [5.41, 5.74) is 1.06. The average Bonchev–Trinajstić information content (AvgIpc) is 3.26. The van der Waals surface area contributed by atoms with E-state index in [0.717, 1.165) is 24.8 Å². The molecule has 1 saturated carbocycles. The number of urea groups is 1. The normalized spacial score (nSPS) is 16.6. The Morgan fingerprint density at radius 3 is 2.50 bits per heavy atom. The van der Waals surface area contributed by atoms with E-state index in [2.05, 4.69) is 17.6 Å². The van der Waals surface area contributed by atoms with Crippen LogP contribution in [-0.2, 0) is 11.2 Å². The van der Waals surface area contributed by atoms with E-state index in [1.165, 1.54) is 0 Å². The topological polar surface area (TPSA) is 78.4 Å². The van der Waals surface area contributed by atoms with Crippen LogP contribution in [0.3, 0.4) is 0 Å². The van der Waals surface area contributed by atoms with Crippen molar-refractivity contribution in [1.29, 1.82) is 0 Å². The van der Waals surface area contributed by atoms with Crippen LogP contribution in [0.1, 0.15) is 44.6 Å². The lowest BCUT2D eigenvalue weighted by Crippen LogP contribution is -2.48. The van der Waals surface area contributed by atoms with E-state index in [0.29, 0.717) is 12.8 Å². The molecule has 1 aromatic carbocycles. The van der Waals surface area contributed by atoms with E-state index in [1.54, 1.807) is 0 Å². The third kappa shape index (κ3) is 5.06. The van der Waals surface area contributed by atoms with Crippen LogP contribution in [0.2, 0.25) is 0 Å². The number of carbonyl (C=O) groups excluding carboxylic acids is 1. The lowest BCUT2D eigenvalue weighted by atomic mass is 10.0. The number of rotatable bonds is 8. The first-order chi connectivity index (χ1) is 10.5. The number of nitrogens with one attached hydrogen (secondary N) is 2. The van der Waals surface area contributed by atoms with E-state index in [-0.39, 0.29) is 24.0 Å². The van der Waals surface area contributed by atoms with Crippen molar-refractivity contribution in [3.8, 4) is 0 Å². The molecule has 1 aliphatic carbocycles. The fraction of sp³-hybridized carbons (Fsp3) is 0.529. The van der Waals surface area contributed by atoms with Gasteiger partial charge in [0.15, 0.2) is 0 Å². The van der Waals surface area contributed by atoms with Gasteiger partial charge in [-0.15, -0.1) is 0 Å². The first-order valence-electron chi connectivity index (χ1n) is 7.87. The highest BCUT2D eigenvalue weighted by Gasteiger charge is 2.42. The summed E-state index contributed by atoms with van der Waals surface area (Å²) in [6.45, 7) is 2.07. The van der Waals surface area contributed by atoms with Gasteiger partial charge in [-0.2, -0.15) is 0 Å². The molecule has 5 nitrogen and oxygen atoms in total. The van der Waals surface area contributed by atoms with Crippen LogP contribution in [-0.4, -0.2) is 28.7 Å². The fourth-order valence-corrected chi connectivity index (χ4v) is 2.60. The SMILES string of the molecule is CCC1(NC(=O)NC(CCC(=O)O)Cc2ccccc2)CC1. The van der Waals surface area contributed by atoms with Crippen molar-refractivity contribution in [2.75, 3.05) is 0 Å². The molecule has 0 saturated heterocycles. The lowest BCUT2D eigenvalue weighted by Gasteiger charge is -2.21. The van der Waals surface area contributed by atoms with Gasteiger partial charge in [0.05, 0.1) is 0 Å². The highest BCUT2D eigenvalue weighted by atomic mass is 16.4. The number of aliphatic carboxylic acids is 1. The molecule has 0 radical (unpaired) electrons. The second kappa shape index (κ2) is 7.29. The molecule has 0 spiro atoms. The summed E-state index contributed by atoms with van der Waals surface area (Å²) in [6, 6.07) is 9.44. The van der Waals surface area contributed by atoms with E-state index in [4.69, 9.17) is 5.11 Å². The van der Waals surface area contributed by atoms with Crippen molar-refractivity contribution in [2.45, 2.75) is 57.0 Å². The van der Waals surface area contributed by atoms with Gasteiger partial charge in [0.1, 0.15) is 0 Å². The number of carboxylic acids is 1. The Hall–Kier alpha value is -2.04. The Bertz CT molecular complexity index is 512. The summed E-state index contributed by atoms with van der Waals surface area (Å²) in [4.78, 5) is 22.9. The molecule has 0 aromatic heterocycles. The molecular weight excluding hydrogens is 280 g/mol. The minimum atomic E-state index is -0.840. The monoisotopic (exact) mass is 304 g/mol. The third-order valence-corrected chi connectivity index (χ3v) is 4.28. The molecule has 0 bridgehead atoms. The molecule has 2 amide bonds. The molecule has 3 N–H and O–H groups in total. The van der Waals surface area contributed by atoms with E-state index < -0.39 is 5.97 Å². The van der Waals surface area contributed by atoms with Crippen molar-refractivity contribution in [3.63, 3.8) is 0 Å². The van der Waals surface area contributed by atoms with Crippen LogP contribution in [0.25, 0.3) is 0 Å². The van der Waals surface area contributed by atoms with Gasteiger partial charge in [-0.05, 0) is 37.7 Å². The Kier molecular flexibility index (Phi) is 5.41. The van der Waals surface area contributed by atoms with Gasteiger partial charge in [0.25, 0.3) is 0 Å². The summed E-state index contributed by atoms with van der Waals surface area (Å²) >= 11 is 0. The van der Waals surface area contributed by atoms with Crippen LogP contribution >= 0.6 is 0 Å². The maximum atomic E-state index is 12.1. The van der Waals surface area contributed by atoms with Crippen molar-refractivity contribution < 1.29 is 14.7 Å². The highest BCUT2D eigenvalue weighted by molar-refractivity contribution is 5.75. The molecule has 120 valence electrons. The molecule has 1 atom stereocenters. The summed E-state index contributed by atoms with van der Waals surface area (Å²) in [5, 5.41) is 14.8. The Balaban J connectivity index is 1.91. The predicted molar refractivity (Wildman–Crippen MR) is 84.7 cm³/mol. The molecule has 0 aliphatic heterocycles. The lowest BCUT2D eigenvalue weighted by molar-refractivity contribution is -0.137. The molecule has 1 fully saturated rings. The van der Waals surface area contributed by atoms with Crippen LogP contribution in [0, 0.1) is 0 Å². The van der Waals surface area contributed by atoms with Crippen molar-refractivity contribution in [2.24, 2.45) is 0 Å². The van der Waals surface area contributed by atoms with Gasteiger partial charge in [-0.3, -0.25) is 4.79 Å². The minimum Gasteiger partial charge on any atom is -0.481 e. The van der Waals surface area contributed by atoms with Crippen LogP contribution in [0.15, 0.2) is 30.3 Å². The number of benzene rings is 1. The molecule has 1 unspecified atom stereocenters. The standard InChI is InChI=1S/C17H24N2O3/c1-2-17(10-11-17)19-16(22)18-14(8-9-15(20)21)12-13-6-4-3-5-7-13/h3-7,14H,2,8-12H2,1H3,(H,20,21)(H2,18,19,22). The van der Waals surface area contributed by atoms with E-state index >= 15 is 0 Å². The van der Waals surface area contributed by atoms with Gasteiger partial charge in [0.2, 0.25) is 0 Å². The van der Waals surface area contributed by atoms with Gasteiger partial charge in [0, 0.05) is 18.0 Å². The largest absolute Gasteiger partial charge is 0.481 e. The second-order valence-corrected chi connectivity index (χ2v) is 6.05. The van der Waals surface area contributed by atoms with Gasteiger partial charge >= 0.3 is 12.0 Å². The maximum Gasteiger partial charge on any atom is 0.315 e. The second-order valence-electron chi connectivity index (χ2n) is 6.05. The maximum absolute atomic E-state index is 12.1. The molecule has 1 aromatic rings. The molecule has 22 heavy (non-hydrogen) atoms. The highest BCUT2D eigenvalue weighted by Crippen LogP contribution is 2.38. The molecule has 5 heteroatoms. The number of amides is 2. The van der Waals surface area contributed by atoms with E-state index in [9.17, 15) is 9.59 Å². The van der Waals surface area contributed by atoms with Gasteiger partial charge in [-0.25, -0.2) is 4.79 Å². The summed E-state index contributed by atoms with van der Waals surface area (Å²) < 4.78 is 0. The number of hydrogen-bond donors (Lipinski definition) is 3. The van der Waals surface area contributed by atoms with Crippen LogP contribution in [0.4, 0.5) is 4.79 Å². The van der Waals surface area contributed by atoms with Gasteiger partial charge in [-0.1, -0.05) is 37.3 Å². The zero-order chi connectivity index (χ0) is 16.0. The van der Waals surface area contributed by atoms with Crippen molar-refractivity contribution in [1.82, 2.24) is 10.6 Å². The zero-order valence-electron chi connectivity index (χ0n) is 13.0. The Labute approximate surface area is 131 Å². The number of carboxylic acid groups (broad SMARTS) is 1. The van der Waals surface area contributed by atoms with Crippen LogP contribution < -0.4 is 10.6 Å². The number of carbonyl (C=O) groups is 2. The number of hydrogen-bond acceptors (Lipinski definition) is 2. The van der Waals surface area contributed by atoms with Crippen molar-refractivity contribution >= 4 is 12.0 Å². The zero-order valence-corrected chi connectivity index (χ0v) is 13.0. The Morgan fingerprint density at radius 1 is 1.27 bits per heavy atom. The van der Waals surface area contributed by atoms with Gasteiger partial charge < -0.3 is 15.7 Å². The third-order valence-electron chi connectivity index (χ3n) is 4.28. The average molecular weight is 304 g/mol. The fourth-order valence-electron chi connectivity index (χ4n) is 2.60. The summed E-state index contributed by atoms with van der Waals surface area (Å²) in [6.07, 6.45) is 4.10. The van der Waals surface area contributed by atoms with Crippen LogP contribution in [0.5, 0.6) is 0 Å². The molecular formula is C17H24N2O3.